The van der Waals surface area contributed by atoms with Crippen molar-refractivity contribution in [3.8, 4) is 0 Å². The fourth-order valence-corrected chi connectivity index (χ4v) is 5.77. The number of benzene rings is 3. The van der Waals surface area contributed by atoms with E-state index in [4.69, 9.17) is 0 Å². The Kier molecular flexibility index (Phi) is 10.5. The Morgan fingerprint density at radius 3 is 2.29 bits per heavy atom. The van der Waals surface area contributed by atoms with E-state index in [0.717, 1.165) is 32.7 Å². The van der Waals surface area contributed by atoms with Crippen molar-refractivity contribution in [3.05, 3.63) is 94.5 Å². The number of unbranched alkanes of at least 4 members (excludes halogenated alkanes) is 1. The van der Waals surface area contributed by atoms with Crippen LogP contribution in [-0.2, 0) is 26.2 Å². The van der Waals surface area contributed by atoms with Gasteiger partial charge in [0.15, 0.2) is 0 Å². The molecule has 0 aliphatic carbocycles. The topological polar surface area (TPSA) is 86.8 Å². The smallest absolute Gasteiger partial charge is 0.264 e. The number of halogens is 1. The first kappa shape index (κ1) is 29.4. The normalized spacial score (nSPS) is 12.0. The maximum absolute atomic E-state index is 13.9. The number of hydrogen-bond acceptors (Lipinski definition) is 4. The Balaban J connectivity index is 1.97. The highest BCUT2D eigenvalue weighted by atomic mass is 79.9. The molecule has 1 atom stereocenters. The highest BCUT2D eigenvalue weighted by Crippen LogP contribution is 2.25. The fourth-order valence-electron chi connectivity index (χ4n) is 3.91. The maximum atomic E-state index is 13.9. The number of aryl methyl sites for hydroxylation is 1. The monoisotopic (exact) mass is 599 g/mol. The molecule has 2 amide bonds. The minimum absolute atomic E-state index is 0.0867. The highest BCUT2D eigenvalue weighted by molar-refractivity contribution is 9.10. The molecule has 3 aromatic carbocycles. The molecule has 0 heterocycles. The van der Waals surface area contributed by atoms with Crippen LogP contribution in [-0.4, -0.2) is 44.3 Å². The number of nitrogens with zero attached hydrogens (tertiary/aromatic N) is 2. The van der Waals surface area contributed by atoms with E-state index in [9.17, 15) is 18.0 Å². The average Bonchev–Trinajstić information content (AvgIpc) is 2.90. The molecule has 38 heavy (non-hydrogen) atoms. The number of sulfonamides is 1. The maximum Gasteiger partial charge on any atom is 0.264 e. The van der Waals surface area contributed by atoms with Crippen LogP contribution in [0.2, 0.25) is 0 Å². The number of nitrogens with one attached hydrogen (secondary N) is 1. The van der Waals surface area contributed by atoms with Crippen molar-refractivity contribution in [2.24, 2.45) is 0 Å². The molecule has 0 spiro atoms. The van der Waals surface area contributed by atoms with Gasteiger partial charge in [-0.3, -0.25) is 13.9 Å². The number of amides is 2. The SMILES string of the molecule is CCCCNC(=O)[C@@H](C)N(Cc1cccc(Br)c1)C(=O)CN(c1ccccc1)S(=O)(=O)c1ccc(C)cc1. The number of hydrogen-bond donors (Lipinski definition) is 1. The standard InChI is InChI=1S/C29H34BrN3O4S/c1-4-5-18-31-29(35)23(3)32(20-24-10-9-11-25(30)19-24)28(34)21-33(26-12-7-6-8-13-26)38(36,37)27-16-14-22(2)15-17-27/h6-17,19,23H,4-5,18,20-21H2,1-3H3,(H,31,35)/t23-/m1/s1. The predicted octanol–water partition coefficient (Wildman–Crippen LogP) is 5.29. The van der Waals surface area contributed by atoms with Crippen LogP contribution < -0.4 is 9.62 Å². The van der Waals surface area contributed by atoms with E-state index >= 15 is 0 Å². The summed E-state index contributed by atoms with van der Waals surface area (Å²) in [5.74, 6) is -0.767. The van der Waals surface area contributed by atoms with Crippen LogP contribution in [0.1, 0.15) is 37.8 Å². The lowest BCUT2D eigenvalue weighted by Crippen LogP contribution is -2.51. The van der Waals surface area contributed by atoms with Gasteiger partial charge in [-0.1, -0.05) is 77.3 Å². The summed E-state index contributed by atoms with van der Waals surface area (Å²) in [6, 6.07) is 21.7. The van der Waals surface area contributed by atoms with Crippen LogP contribution in [0.15, 0.2) is 88.2 Å². The predicted molar refractivity (Wildman–Crippen MR) is 154 cm³/mol. The molecule has 3 rings (SSSR count). The summed E-state index contributed by atoms with van der Waals surface area (Å²) in [7, 11) is -4.06. The zero-order chi connectivity index (χ0) is 27.7. The number of carbonyl (C=O) groups is 2. The number of para-hydroxylation sites is 1. The first-order valence-electron chi connectivity index (χ1n) is 12.6. The number of carbonyl (C=O) groups excluding carboxylic acids is 2. The lowest BCUT2D eigenvalue weighted by Gasteiger charge is -2.32. The van der Waals surface area contributed by atoms with Gasteiger partial charge in [0.25, 0.3) is 10.0 Å². The van der Waals surface area contributed by atoms with E-state index in [2.05, 4.69) is 21.2 Å². The molecule has 202 valence electrons. The van der Waals surface area contributed by atoms with Crippen molar-refractivity contribution in [1.82, 2.24) is 10.2 Å². The third-order valence-corrected chi connectivity index (χ3v) is 8.45. The molecular weight excluding hydrogens is 566 g/mol. The highest BCUT2D eigenvalue weighted by Gasteiger charge is 2.32. The van der Waals surface area contributed by atoms with E-state index < -0.39 is 28.5 Å². The first-order chi connectivity index (χ1) is 18.1. The second-order valence-electron chi connectivity index (χ2n) is 9.13. The van der Waals surface area contributed by atoms with Gasteiger partial charge in [0.2, 0.25) is 11.8 Å². The van der Waals surface area contributed by atoms with Gasteiger partial charge in [-0.05, 0) is 62.2 Å². The quantitative estimate of drug-likeness (QED) is 0.287. The van der Waals surface area contributed by atoms with Crippen LogP contribution in [0.25, 0.3) is 0 Å². The zero-order valence-electron chi connectivity index (χ0n) is 21.9. The number of rotatable bonds is 12. The average molecular weight is 601 g/mol. The molecule has 3 aromatic rings. The molecule has 0 saturated carbocycles. The Morgan fingerprint density at radius 2 is 1.66 bits per heavy atom. The Morgan fingerprint density at radius 1 is 0.974 bits per heavy atom. The van der Waals surface area contributed by atoms with Crippen molar-refractivity contribution in [2.75, 3.05) is 17.4 Å². The van der Waals surface area contributed by atoms with Crippen molar-refractivity contribution in [3.63, 3.8) is 0 Å². The molecule has 9 heteroatoms. The molecular formula is C29H34BrN3O4S. The first-order valence-corrected chi connectivity index (χ1v) is 14.8. The summed E-state index contributed by atoms with van der Waals surface area (Å²) in [5, 5.41) is 2.89. The molecule has 0 aliphatic heterocycles. The molecule has 0 unspecified atom stereocenters. The van der Waals surface area contributed by atoms with Crippen LogP contribution in [0.4, 0.5) is 5.69 Å². The third-order valence-electron chi connectivity index (χ3n) is 6.17. The summed E-state index contributed by atoms with van der Waals surface area (Å²) < 4.78 is 29.5. The van der Waals surface area contributed by atoms with E-state index in [-0.39, 0.29) is 17.3 Å². The van der Waals surface area contributed by atoms with Gasteiger partial charge in [-0.25, -0.2) is 8.42 Å². The van der Waals surface area contributed by atoms with Gasteiger partial charge in [0.1, 0.15) is 12.6 Å². The van der Waals surface area contributed by atoms with Crippen molar-refractivity contribution in [2.45, 2.75) is 51.1 Å². The fraction of sp³-hybridized carbons (Fsp3) is 0.310. The van der Waals surface area contributed by atoms with E-state index in [1.165, 1.54) is 17.0 Å². The molecule has 0 aliphatic rings. The third kappa shape index (κ3) is 7.68. The van der Waals surface area contributed by atoms with Gasteiger partial charge >= 0.3 is 0 Å². The van der Waals surface area contributed by atoms with Gasteiger partial charge in [-0.2, -0.15) is 0 Å². The van der Waals surface area contributed by atoms with Crippen LogP contribution >= 0.6 is 15.9 Å². The zero-order valence-corrected chi connectivity index (χ0v) is 24.3. The Bertz CT molecular complexity index is 1330. The second-order valence-corrected chi connectivity index (χ2v) is 11.9. The lowest BCUT2D eigenvalue weighted by atomic mass is 10.1. The molecule has 0 bridgehead atoms. The van der Waals surface area contributed by atoms with Crippen molar-refractivity contribution in [1.29, 1.82) is 0 Å². The number of anilines is 1. The van der Waals surface area contributed by atoms with Crippen molar-refractivity contribution < 1.29 is 18.0 Å². The van der Waals surface area contributed by atoms with Crippen molar-refractivity contribution >= 4 is 43.5 Å². The van der Waals surface area contributed by atoms with Crippen LogP contribution in [0.3, 0.4) is 0 Å². The van der Waals surface area contributed by atoms with Crippen LogP contribution in [0, 0.1) is 6.92 Å². The largest absolute Gasteiger partial charge is 0.354 e. The molecule has 0 fully saturated rings. The Hall–Kier alpha value is -3.17. The molecule has 0 radical (unpaired) electrons. The van der Waals surface area contributed by atoms with Gasteiger partial charge in [0.05, 0.1) is 10.6 Å². The van der Waals surface area contributed by atoms with Gasteiger partial charge in [0, 0.05) is 17.6 Å². The summed E-state index contributed by atoms with van der Waals surface area (Å²) in [6.45, 7) is 5.77. The van der Waals surface area contributed by atoms with Gasteiger partial charge < -0.3 is 10.2 Å². The molecule has 7 nitrogen and oxygen atoms in total. The minimum atomic E-state index is -4.06. The summed E-state index contributed by atoms with van der Waals surface area (Å²) in [6.07, 6.45) is 1.76. The van der Waals surface area contributed by atoms with E-state index in [0.29, 0.717) is 12.2 Å². The van der Waals surface area contributed by atoms with E-state index in [1.54, 1.807) is 49.4 Å². The lowest BCUT2D eigenvalue weighted by molar-refractivity contribution is -0.139. The van der Waals surface area contributed by atoms with Crippen LogP contribution in [0.5, 0.6) is 0 Å². The molecule has 0 saturated heterocycles. The summed E-state index contributed by atoms with van der Waals surface area (Å²) >= 11 is 3.45. The molecule has 0 aromatic heterocycles. The summed E-state index contributed by atoms with van der Waals surface area (Å²) in [5.41, 5.74) is 2.10. The van der Waals surface area contributed by atoms with Gasteiger partial charge in [-0.15, -0.1) is 0 Å². The van der Waals surface area contributed by atoms with E-state index in [1.807, 2.05) is 38.1 Å². The minimum Gasteiger partial charge on any atom is -0.354 e. The second kappa shape index (κ2) is 13.6. The Labute approximate surface area is 234 Å². The molecule has 1 N–H and O–H groups in total. The summed E-state index contributed by atoms with van der Waals surface area (Å²) in [4.78, 5) is 28.4.